The molecule has 0 N–H and O–H groups in total. The second-order valence-corrected chi connectivity index (χ2v) is 7.98. The van der Waals surface area contributed by atoms with Gasteiger partial charge in [-0.3, -0.25) is 9.78 Å². The van der Waals surface area contributed by atoms with Crippen LogP contribution in [0.3, 0.4) is 0 Å². The van der Waals surface area contributed by atoms with Gasteiger partial charge in [-0.05, 0) is 55.0 Å². The van der Waals surface area contributed by atoms with Crippen LogP contribution in [0.4, 0.5) is 0 Å². The average molecular weight is 459 g/mol. The predicted molar refractivity (Wildman–Crippen MR) is 125 cm³/mol. The molecular formula is C25H19ClN4O3. The highest BCUT2D eigenvalue weighted by Gasteiger charge is 2.26. The number of ketones is 1. The van der Waals surface area contributed by atoms with Crippen LogP contribution < -0.4 is 4.74 Å². The minimum atomic E-state index is -0.339. The third-order valence-corrected chi connectivity index (χ3v) is 5.82. The number of carbonyl (C=O) groups excluding carboxylic acids is 1. The highest BCUT2D eigenvalue weighted by molar-refractivity contribution is 6.30. The lowest BCUT2D eigenvalue weighted by Crippen LogP contribution is -2.06. The van der Waals surface area contributed by atoms with Crippen molar-refractivity contribution in [1.82, 2.24) is 19.7 Å². The molecule has 0 aliphatic carbocycles. The van der Waals surface area contributed by atoms with E-state index in [1.54, 1.807) is 31.6 Å². The lowest BCUT2D eigenvalue weighted by Gasteiger charge is -2.09. The molecule has 0 atom stereocenters. The lowest BCUT2D eigenvalue weighted by molar-refractivity contribution is 0.0994. The molecule has 0 bridgehead atoms. The fraction of sp³-hybridized carbons (Fsp3) is 0.120. The number of hydrogen-bond donors (Lipinski definition) is 0. The summed E-state index contributed by atoms with van der Waals surface area (Å²) in [5.41, 5.74) is 3.98. The highest BCUT2D eigenvalue weighted by Crippen LogP contribution is 2.32. The van der Waals surface area contributed by atoms with Crippen LogP contribution in [0, 0.1) is 6.92 Å². The molecule has 7 nitrogen and oxygen atoms in total. The number of ether oxygens (including phenoxy) is 1. The second kappa shape index (κ2) is 8.52. The first-order chi connectivity index (χ1) is 16.0. The molecule has 5 rings (SSSR count). The Labute approximate surface area is 194 Å². The quantitative estimate of drug-likeness (QED) is 0.319. The first kappa shape index (κ1) is 20.9. The summed E-state index contributed by atoms with van der Waals surface area (Å²) in [6, 6.07) is 16.8. The SMILES string of the molecule is COc1ccc2c(c1)c(C(=O)c1nc(-c3ccncc3)no1)c(C)n2Cc1ccc(Cl)cc1. The van der Waals surface area contributed by atoms with E-state index in [1.807, 2.05) is 49.4 Å². The number of aromatic nitrogens is 4. The summed E-state index contributed by atoms with van der Waals surface area (Å²) in [6.45, 7) is 2.49. The Balaban J connectivity index is 1.61. The van der Waals surface area contributed by atoms with Gasteiger partial charge in [-0.1, -0.05) is 28.9 Å². The van der Waals surface area contributed by atoms with Crippen LogP contribution in [0.15, 0.2) is 71.5 Å². The Bertz CT molecular complexity index is 1460. The van der Waals surface area contributed by atoms with Crippen molar-refractivity contribution >= 4 is 28.3 Å². The molecule has 5 aromatic rings. The maximum absolute atomic E-state index is 13.6. The maximum Gasteiger partial charge on any atom is 0.299 e. The molecule has 33 heavy (non-hydrogen) atoms. The topological polar surface area (TPSA) is 83.0 Å². The number of carbonyl (C=O) groups is 1. The van der Waals surface area contributed by atoms with E-state index in [-0.39, 0.29) is 11.7 Å². The summed E-state index contributed by atoms with van der Waals surface area (Å²) in [7, 11) is 1.60. The van der Waals surface area contributed by atoms with Gasteiger partial charge in [0, 0.05) is 46.1 Å². The van der Waals surface area contributed by atoms with Gasteiger partial charge in [-0.25, -0.2) is 0 Å². The molecule has 0 fully saturated rings. The van der Waals surface area contributed by atoms with Crippen molar-refractivity contribution in [3.63, 3.8) is 0 Å². The third kappa shape index (κ3) is 3.87. The second-order valence-electron chi connectivity index (χ2n) is 7.54. The minimum absolute atomic E-state index is 0.0710. The Morgan fingerprint density at radius 1 is 1.09 bits per heavy atom. The van der Waals surface area contributed by atoms with Gasteiger partial charge in [-0.15, -0.1) is 0 Å². The monoisotopic (exact) mass is 458 g/mol. The zero-order valence-corrected chi connectivity index (χ0v) is 18.7. The van der Waals surface area contributed by atoms with Gasteiger partial charge in [0.05, 0.1) is 12.7 Å². The van der Waals surface area contributed by atoms with Gasteiger partial charge in [0.1, 0.15) is 5.75 Å². The summed E-state index contributed by atoms with van der Waals surface area (Å²) >= 11 is 6.04. The van der Waals surface area contributed by atoms with Crippen molar-refractivity contribution in [2.24, 2.45) is 0 Å². The molecule has 0 saturated heterocycles. The minimum Gasteiger partial charge on any atom is -0.497 e. The van der Waals surface area contributed by atoms with Crippen molar-refractivity contribution in [2.75, 3.05) is 7.11 Å². The summed E-state index contributed by atoms with van der Waals surface area (Å²) in [4.78, 5) is 21.9. The number of pyridine rings is 1. The van der Waals surface area contributed by atoms with Crippen LogP contribution in [0.5, 0.6) is 5.75 Å². The van der Waals surface area contributed by atoms with Crippen LogP contribution in [-0.4, -0.2) is 32.6 Å². The first-order valence-corrected chi connectivity index (χ1v) is 10.6. The molecular weight excluding hydrogens is 440 g/mol. The van der Waals surface area contributed by atoms with Crippen molar-refractivity contribution < 1.29 is 14.1 Å². The van der Waals surface area contributed by atoms with Crippen LogP contribution in [0.1, 0.15) is 27.5 Å². The van der Waals surface area contributed by atoms with E-state index >= 15 is 0 Å². The Morgan fingerprint density at radius 3 is 2.58 bits per heavy atom. The van der Waals surface area contributed by atoms with Gasteiger partial charge >= 0.3 is 0 Å². The number of benzene rings is 2. The standard InChI is InChI=1S/C25H19ClN4O3/c1-15-22(23(31)25-28-24(29-33-25)17-9-11-27-12-10-17)20-13-19(32-2)7-8-21(20)30(15)14-16-3-5-18(26)6-4-16/h3-13H,14H2,1-2H3. The van der Waals surface area contributed by atoms with E-state index in [4.69, 9.17) is 20.9 Å². The molecule has 0 aliphatic heterocycles. The zero-order chi connectivity index (χ0) is 22.9. The Hall–Kier alpha value is -3.97. The largest absolute Gasteiger partial charge is 0.497 e. The highest BCUT2D eigenvalue weighted by atomic mass is 35.5. The molecule has 0 saturated carbocycles. The normalized spacial score (nSPS) is 11.1. The van der Waals surface area contributed by atoms with Crippen molar-refractivity contribution in [3.05, 3.63) is 94.7 Å². The molecule has 2 aromatic carbocycles. The Morgan fingerprint density at radius 2 is 1.85 bits per heavy atom. The van der Waals surface area contributed by atoms with Crippen LogP contribution in [-0.2, 0) is 6.54 Å². The summed E-state index contributed by atoms with van der Waals surface area (Å²) in [6.07, 6.45) is 3.27. The van der Waals surface area contributed by atoms with Gasteiger partial charge in [-0.2, -0.15) is 4.98 Å². The van der Waals surface area contributed by atoms with E-state index in [0.29, 0.717) is 28.7 Å². The summed E-state index contributed by atoms with van der Waals surface area (Å²) in [5, 5.41) is 5.42. The van der Waals surface area contributed by atoms with Crippen molar-refractivity contribution in [2.45, 2.75) is 13.5 Å². The van der Waals surface area contributed by atoms with Gasteiger partial charge in [0.2, 0.25) is 5.82 Å². The maximum atomic E-state index is 13.6. The van der Waals surface area contributed by atoms with E-state index < -0.39 is 0 Å². The molecule has 8 heteroatoms. The average Bonchev–Trinajstić information content (AvgIpc) is 3.44. The smallest absolute Gasteiger partial charge is 0.299 e. The van der Waals surface area contributed by atoms with E-state index in [9.17, 15) is 4.79 Å². The number of methoxy groups -OCH3 is 1. The predicted octanol–water partition coefficient (Wildman–Crippen LogP) is 5.34. The van der Waals surface area contributed by atoms with Crippen LogP contribution in [0.2, 0.25) is 5.02 Å². The number of fused-ring (bicyclic) bond motifs is 1. The summed E-state index contributed by atoms with van der Waals surface area (Å²) < 4.78 is 12.9. The van der Waals surface area contributed by atoms with Gasteiger partial charge < -0.3 is 13.8 Å². The number of rotatable bonds is 6. The molecule has 0 radical (unpaired) electrons. The number of nitrogens with zero attached hydrogens (tertiary/aromatic N) is 4. The van der Waals surface area contributed by atoms with Gasteiger partial charge in [0.15, 0.2) is 0 Å². The summed E-state index contributed by atoms with van der Waals surface area (Å²) in [5.74, 6) is 0.579. The van der Waals surface area contributed by atoms with Gasteiger partial charge in [0.25, 0.3) is 11.7 Å². The van der Waals surface area contributed by atoms with E-state index in [2.05, 4.69) is 19.7 Å². The first-order valence-electron chi connectivity index (χ1n) is 10.2. The fourth-order valence-electron chi connectivity index (χ4n) is 3.89. The van der Waals surface area contributed by atoms with E-state index in [1.165, 1.54) is 0 Å². The lowest BCUT2D eigenvalue weighted by atomic mass is 10.1. The molecule has 0 amide bonds. The number of hydrogen-bond acceptors (Lipinski definition) is 6. The molecule has 0 spiro atoms. The van der Waals surface area contributed by atoms with Crippen molar-refractivity contribution in [3.8, 4) is 17.1 Å². The molecule has 3 heterocycles. The Kier molecular flexibility index (Phi) is 5.40. The van der Waals surface area contributed by atoms with E-state index in [0.717, 1.165) is 27.7 Å². The molecule has 0 aliphatic rings. The van der Waals surface area contributed by atoms with Crippen molar-refractivity contribution in [1.29, 1.82) is 0 Å². The van der Waals surface area contributed by atoms with Crippen LogP contribution >= 0.6 is 11.6 Å². The zero-order valence-electron chi connectivity index (χ0n) is 17.9. The molecule has 3 aromatic heterocycles. The number of halogens is 1. The molecule has 0 unspecified atom stereocenters. The fourth-order valence-corrected chi connectivity index (χ4v) is 4.02. The third-order valence-electron chi connectivity index (χ3n) is 5.57. The molecule has 164 valence electrons. The van der Waals surface area contributed by atoms with Crippen LogP contribution in [0.25, 0.3) is 22.3 Å².